The lowest BCUT2D eigenvalue weighted by atomic mass is 10.1. The number of rotatable bonds is 4. The van der Waals surface area contributed by atoms with E-state index in [0.717, 1.165) is 18.8 Å². The Labute approximate surface area is 136 Å². The van der Waals surface area contributed by atoms with Gasteiger partial charge in [0.15, 0.2) is 0 Å². The molecule has 0 aromatic carbocycles. The van der Waals surface area contributed by atoms with Crippen LogP contribution < -0.4 is 10.2 Å². The van der Waals surface area contributed by atoms with E-state index in [4.69, 9.17) is 11.6 Å². The number of nitrogens with zero attached hydrogens (tertiary/aromatic N) is 3. The number of nitrogens with one attached hydrogen (secondary N) is 1. The molecular weight excluding hydrogens is 304 g/mol. The molecule has 0 aliphatic carbocycles. The zero-order valence-electron chi connectivity index (χ0n) is 13.2. The van der Waals surface area contributed by atoms with E-state index in [2.05, 4.69) is 15.2 Å². The Morgan fingerprint density at radius 1 is 1.64 bits per heavy atom. The van der Waals surface area contributed by atoms with Crippen molar-refractivity contribution >= 4 is 23.4 Å². The summed E-state index contributed by atoms with van der Waals surface area (Å²) in [6, 6.07) is 3.48. The molecule has 6 nitrogen and oxygen atoms in total. The quantitative estimate of drug-likeness (QED) is 0.884. The minimum atomic E-state index is -0.907. The summed E-state index contributed by atoms with van der Waals surface area (Å²) in [6.07, 6.45) is 2.55. The van der Waals surface area contributed by atoms with Crippen LogP contribution in [0.1, 0.15) is 20.3 Å². The SMILES string of the molecule is CN(CC(C)(C)O)C(=O)NC1CCN(c2ncccc2Cl)C1. The van der Waals surface area contributed by atoms with Gasteiger partial charge >= 0.3 is 6.03 Å². The smallest absolute Gasteiger partial charge is 0.317 e. The van der Waals surface area contributed by atoms with Crippen molar-refractivity contribution in [2.24, 2.45) is 0 Å². The Morgan fingerprint density at radius 3 is 3.00 bits per heavy atom. The maximum atomic E-state index is 12.1. The molecule has 7 heteroatoms. The van der Waals surface area contributed by atoms with Crippen molar-refractivity contribution in [2.45, 2.75) is 31.9 Å². The summed E-state index contributed by atoms with van der Waals surface area (Å²) in [7, 11) is 1.68. The molecule has 22 heavy (non-hydrogen) atoms. The summed E-state index contributed by atoms with van der Waals surface area (Å²) in [6.45, 7) is 5.12. The van der Waals surface area contributed by atoms with Crippen molar-refractivity contribution < 1.29 is 9.90 Å². The molecule has 0 saturated carbocycles. The predicted molar refractivity (Wildman–Crippen MR) is 87.3 cm³/mol. The van der Waals surface area contributed by atoms with Gasteiger partial charge in [0.05, 0.1) is 17.2 Å². The number of aromatic nitrogens is 1. The molecule has 1 aliphatic rings. The van der Waals surface area contributed by atoms with E-state index in [0.29, 0.717) is 11.6 Å². The van der Waals surface area contributed by atoms with Crippen LogP contribution in [-0.2, 0) is 0 Å². The number of anilines is 1. The van der Waals surface area contributed by atoms with Crippen LogP contribution in [-0.4, -0.2) is 59.3 Å². The number of likely N-dealkylation sites (N-methyl/N-ethyl adjacent to an activating group) is 1. The fraction of sp³-hybridized carbons (Fsp3) is 0.600. The van der Waals surface area contributed by atoms with Crippen LogP contribution in [0.25, 0.3) is 0 Å². The second-order valence-electron chi connectivity index (χ2n) is 6.36. The molecule has 1 atom stereocenters. The van der Waals surface area contributed by atoms with Crippen molar-refractivity contribution in [1.29, 1.82) is 0 Å². The van der Waals surface area contributed by atoms with Gasteiger partial charge in [-0.2, -0.15) is 0 Å². The molecule has 0 radical (unpaired) electrons. The summed E-state index contributed by atoms with van der Waals surface area (Å²) >= 11 is 6.15. The van der Waals surface area contributed by atoms with Gasteiger partial charge in [0.25, 0.3) is 0 Å². The van der Waals surface area contributed by atoms with Gasteiger partial charge in [0.2, 0.25) is 0 Å². The Bertz CT molecular complexity index is 533. The molecular formula is C15H23ClN4O2. The molecule has 1 unspecified atom stereocenters. The maximum absolute atomic E-state index is 12.1. The highest BCUT2D eigenvalue weighted by atomic mass is 35.5. The van der Waals surface area contributed by atoms with E-state index in [1.807, 2.05) is 6.07 Å². The van der Waals surface area contributed by atoms with Gasteiger partial charge in [-0.05, 0) is 32.4 Å². The fourth-order valence-corrected chi connectivity index (χ4v) is 2.86. The number of urea groups is 1. The number of carbonyl (C=O) groups is 1. The van der Waals surface area contributed by atoms with Crippen LogP contribution in [0, 0.1) is 0 Å². The highest BCUT2D eigenvalue weighted by Gasteiger charge is 2.27. The molecule has 122 valence electrons. The lowest BCUT2D eigenvalue weighted by Crippen LogP contribution is -2.48. The normalized spacial score (nSPS) is 18.4. The highest BCUT2D eigenvalue weighted by Crippen LogP contribution is 2.25. The van der Waals surface area contributed by atoms with Crippen LogP contribution >= 0.6 is 11.6 Å². The molecule has 0 spiro atoms. The first-order chi connectivity index (χ1) is 10.3. The minimum absolute atomic E-state index is 0.0508. The summed E-state index contributed by atoms with van der Waals surface area (Å²) in [5.74, 6) is 0.755. The lowest BCUT2D eigenvalue weighted by Gasteiger charge is -2.27. The molecule has 1 saturated heterocycles. The van der Waals surface area contributed by atoms with Gasteiger partial charge in [0.1, 0.15) is 5.82 Å². The summed E-state index contributed by atoms with van der Waals surface area (Å²) in [5, 5.41) is 13.4. The van der Waals surface area contributed by atoms with E-state index >= 15 is 0 Å². The zero-order valence-corrected chi connectivity index (χ0v) is 14.0. The van der Waals surface area contributed by atoms with Crippen LogP contribution in [0.4, 0.5) is 10.6 Å². The van der Waals surface area contributed by atoms with Crippen molar-refractivity contribution in [3.05, 3.63) is 23.4 Å². The van der Waals surface area contributed by atoms with Crippen molar-refractivity contribution in [1.82, 2.24) is 15.2 Å². The number of aliphatic hydroxyl groups is 1. The Hall–Kier alpha value is -1.53. The molecule has 1 fully saturated rings. The van der Waals surface area contributed by atoms with Gasteiger partial charge in [0, 0.05) is 32.4 Å². The van der Waals surface area contributed by atoms with Gasteiger partial charge < -0.3 is 20.2 Å². The summed E-state index contributed by atoms with van der Waals surface area (Å²) in [4.78, 5) is 20.0. The number of halogens is 1. The monoisotopic (exact) mass is 326 g/mol. The largest absolute Gasteiger partial charge is 0.389 e. The molecule has 2 N–H and O–H groups in total. The average Bonchev–Trinajstić information content (AvgIpc) is 2.85. The Morgan fingerprint density at radius 2 is 2.36 bits per heavy atom. The van der Waals surface area contributed by atoms with Crippen LogP contribution in [0.3, 0.4) is 0 Å². The van der Waals surface area contributed by atoms with Crippen molar-refractivity contribution in [3.8, 4) is 0 Å². The first kappa shape index (κ1) is 16.8. The number of carbonyl (C=O) groups excluding carboxylic acids is 1. The molecule has 1 aromatic rings. The molecule has 1 aliphatic heterocycles. The number of hydrogen-bond acceptors (Lipinski definition) is 4. The van der Waals surface area contributed by atoms with Gasteiger partial charge in [-0.25, -0.2) is 9.78 Å². The fourth-order valence-electron chi connectivity index (χ4n) is 2.62. The summed E-state index contributed by atoms with van der Waals surface area (Å²) in [5.41, 5.74) is -0.907. The van der Waals surface area contributed by atoms with E-state index in [9.17, 15) is 9.90 Å². The molecule has 2 heterocycles. The summed E-state index contributed by atoms with van der Waals surface area (Å²) < 4.78 is 0. The van der Waals surface area contributed by atoms with Gasteiger partial charge in [-0.1, -0.05) is 11.6 Å². The molecule has 2 rings (SSSR count). The minimum Gasteiger partial charge on any atom is -0.389 e. The van der Waals surface area contributed by atoms with E-state index in [1.54, 1.807) is 33.2 Å². The Balaban J connectivity index is 1.89. The van der Waals surface area contributed by atoms with E-state index in [1.165, 1.54) is 4.90 Å². The number of hydrogen-bond donors (Lipinski definition) is 2. The standard InChI is InChI=1S/C15H23ClN4O2/c1-15(2,22)10-19(3)14(21)18-11-6-8-20(9-11)13-12(16)5-4-7-17-13/h4-5,7,11,22H,6,8-10H2,1-3H3,(H,18,21). The molecule has 2 amide bonds. The molecule has 1 aromatic heterocycles. The van der Waals surface area contributed by atoms with Crippen LogP contribution in [0.2, 0.25) is 5.02 Å². The molecule has 0 bridgehead atoms. The highest BCUT2D eigenvalue weighted by molar-refractivity contribution is 6.32. The topological polar surface area (TPSA) is 68.7 Å². The first-order valence-corrected chi connectivity index (χ1v) is 7.73. The Kier molecular flexibility index (Phi) is 5.13. The van der Waals surface area contributed by atoms with Crippen molar-refractivity contribution in [3.63, 3.8) is 0 Å². The third-order valence-corrected chi connectivity index (χ3v) is 3.82. The van der Waals surface area contributed by atoms with Gasteiger partial charge in [-0.3, -0.25) is 0 Å². The predicted octanol–water partition coefficient (Wildman–Crippen LogP) is 1.73. The van der Waals surface area contributed by atoms with E-state index < -0.39 is 5.60 Å². The average molecular weight is 327 g/mol. The van der Waals surface area contributed by atoms with Crippen molar-refractivity contribution in [2.75, 3.05) is 31.6 Å². The third kappa shape index (κ3) is 4.48. The zero-order chi connectivity index (χ0) is 16.3. The van der Waals surface area contributed by atoms with Crippen LogP contribution in [0.5, 0.6) is 0 Å². The second kappa shape index (κ2) is 6.71. The van der Waals surface area contributed by atoms with E-state index in [-0.39, 0.29) is 18.6 Å². The maximum Gasteiger partial charge on any atom is 0.317 e. The lowest BCUT2D eigenvalue weighted by molar-refractivity contribution is 0.0528. The first-order valence-electron chi connectivity index (χ1n) is 7.36. The second-order valence-corrected chi connectivity index (χ2v) is 6.77. The van der Waals surface area contributed by atoms with Crippen LogP contribution in [0.15, 0.2) is 18.3 Å². The third-order valence-electron chi connectivity index (χ3n) is 3.53. The number of pyridine rings is 1. The number of amides is 2. The van der Waals surface area contributed by atoms with Gasteiger partial charge in [-0.15, -0.1) is 0 Å².